The zero-order valence-electron chi connectivity index (χ0n) is 15.1. The minimum atomic E-state index is -0.481. The van der Waals surface area contributed by atoms with Crippen LogP contribution in [0, 0.1) is 18.2 Å². The van der Waals surface area contributed by atoms with Crippen molar-refractivity contribution in [3.05, 3.63) is 59.0 Å². The van der Waals surface area contributed by atoms with Gasteiger partial charge in [-0.05, 0) is 48.6 Å². The van der Waals surface area contributed by atoms with Crippen molar-refractivity contribution in [3.63, 3.8) is 0 Å². The maximum atomic E-state index is 14.4. The molecule has 2 rings (SSSR count). The number of aromatic nitrogens is 1. The number of anilines is 1. The lowest BCUT2D eigenvalue weighted by atomic mass is 9.95. The summed E-state index contributed by atoms with van der Waals surface area (Å²) >= 11 is 0. The maximum absolute atomic E-state index is 14.4. The Morgan fingerprint density at radius 1 is 1.21 bits per heavy atom. The second-order valence-corrected chi connectivity index (χ2v) is 7.26. The first-order chi connectivity index (χ1) is 11.2. The van der Waals surface area contributed by atoms with Crippen LogP contribution in [0.15, 0.2) is 36.4 Å². The van der Waals surface area contributed by atoms with Gasteiger partial charge in [0.25, 0.3) is 5.91 Å². The number of rotatable bonds is 4. The highest BCUT2D eigenvalue weighted by atomic mass is 19.1. The first kappa shape index (κ1) is 18.1. The quantitative estimate of drug-likeness (QED) is 0.809. The van der Waals surface area contributed by atoms with E-state index in [0.29, 0.717) is 12.4 Å². The van der Waals surface area contributed by atoms with Gasteiger partial charge in [-0.2, -0.15) is 0 Å². The van der Waals surface area contributed by atoms with E-state index in [1.165, 1.54) is 6.07 Å². The molecular formula is C20H25FN2O. The van der Waals surface area contributed by atoms with Gasteiger partial charge < -0.3 is 0 Å². The summed E-state index contributed by atoms with van der Waals surface area (Å²) in [4.78, 5) is 19.0. The molecule has 1 aromatic heterocycles. The van der Waals surface area contributed by atoms with E-state index < -0.39 is 5.82 Å². The molecule has 0 bridgehead atoms. The fraction of sp³-hybridized carbons (Fsp3) is 0.400. The Balaban J connectivity index is 2.45. The van der Waals surface area contributed by atoms with Crippen LogP contribution in [0.2, 0.25) is 0 Å². The first-order valence-electron chi connectivity index (χ1n) is 8.25. The minimum absolute atomic E-state index is 0.0831. The lowest BCUT2D eigenvalue weighted by molar-refractivity contribution is 0.0973. The Bertz CT molecular complexity index is 735. The SMILES string of the molecule is CCc1ccc(C(=O)N(CC(C)(C)C)c2cccc(C)n2)c(F)c1. The molecule has 24 heavy (non-hydrogen) atoms. The third-order valence-electron chi connectivity index (χ3n) is 3.70. The van der Waals surface area contributed by atoms with Crippen molar-refractivity contribution in [2.45, 2.75) is 41.0 Å². The molecule has 3 nitrogen and oxygen atoms in total. The predicted octanol–water partition coefficient (Wildman–Crippen LogP) is 4.78. The number of carbonyl (C=O) groups is 1. The summed E-state index contributed by atoms with van der Waals surface area (Å²) in [6.07, 6.45) is 0.733. The van der Waals surface area contributed by atoms with Crippen LogP contribution in [0.3, 0.4) is 0 Å². The molecule has 128 valence electrons. The van der Waals surface area contributed by atoms with E-state index in [9.17, 15) is 9.18 Å². The molecule has 0 N–H and O–H groups in total. The molecule has 0 unspecified atom stereocenters. The fourth-order valence-corrected chi connectivity index (χ4v) is 2.51. The summed E-state index contributed by atoms with van der Waals surface area (Å²) in [6.45, 7) is 10.4. The van der Waals surface area contributed by atoms with Crippen LogP contribution < -0.4 is 4.90 Å². The van der Waals surface area contributed by atoms with Gasteiger partial charge in [0.15, 0.2) is 0 Å². The highest BCUT2D eigenvalue weighted by molar-refractivity contribution is 6.05. The topological polar surface area (TPSA) is 33.2 Å². The van der Waals surface area contributed by atoms with Gasteiger partial charge >= 0.3 is 0 Å². The van der Waals surface area contributed by atoms with E-state index in [1.54, 1.807) is 23.1 Å². The van der Waals surface area contributed by atoms with Crippen molar-refractivity contribution in [1.29, 1.82) is 0 Å². The summed E-state index contributed by atoms with van der Waals surface area (Å²) < 4.78 is 14.4. The smallest absolute Gasteiger partial charge is 0.262 e. The molecular weight excluding hydrogens is 303 g/mol. The Morgan fingerprint density at radius 2 is 1.92 bits per heavy atom. The van der Waals surface area contributed by atoms with Gasteiger partial charge in [-0.15, -0.1) is 0 Å². The lowest BCUT2D eigenvalue weighted by Gasteiger charge is -2.29. The van der Waals surface area contributed by atoms with Crippen LogP contribution in [0.1, 0.15) is 49.3 Å². The van der Waals surface area contributed by atoms with E-state index in [4.69, 9.17) is 0 Å². The van der Waals surface area contributed by atoms with Crippen molar-refractivity contribution in [2.75, 3.05) is 11.4 Å². The molecule has 1 amide bonds. The average Bonchev–Trinajstić information content (AvgIpc) is 2.51. The molecule has 0 atom stereocenters. The van der Waals surface area contributed by atoms with Gasteiger partial charge in [0, 0.05) is 12.2 Å². The molecule has 1 aromatic carbocycles. The van der Waals surface area contributed by atoms with Crippen LogP contribution in [-0.2, 0) is 6.42 Å². The van der Waals surface area contributed by atoms with E-state index in [-0.39, 0.29) is 16.9 Å². The second kappa shape index (κ2) is 7.12. The van der Waals surface area contributed by atoms with E-state index in [1.807, 2.05) is 46.8 Å². The average molecular weight is 328 g/mol. The number of hydrogen-bond donors (Lipinski definition) is 0. The minimum Gasteiger partial charge on any atom is -0.292 e. The molecule has 0 radical (unpaired) electrons. The Hall–Kier alpha value is -2.23. The van der Waals surface area contributed by atoms with Crippen LogP contribution in [0.25, 0.3) is 0 Å². The summed E-state index contributed by atoms with van der Waals surface area (Å²) in [5.74, 6) is -0.289. The molecule has 0 fully saturated rings. The van der Waals surface area contributed by atoms with E-state index in [2.05, 4.69) is 4.98 Å². The van der Waals surface area contributed by atoms with Crippen LogP contribution >= 0.6 is 0 Å². The van der Waals surface area contributed by atoms with Crippen molar-refractivity contribution in [1.82, 2.24) is 4.98 Å². The molecule has 0 saturated carbocycles. The van der Waals surface area contributed by atoms with Crippen molar-refractivity contribution in [3.8, 4) is 0 Å². The number of benzene rings is 1. The summed E-state index contributed by atoms with van der Waals surface area (Å²) in [5, 5.41) is 0. The lowest BCUT2D eigenvalue weighted by Crippen LogP contribution is -2.39. The summed E-state index contributed by atoms with van der Waals surface area (Å²) in [6, 6.07) is 10.3. The Labute approximate surface area is 143 Å². The maximum Gasteiger partial charge on any atom is 0.262 e. The molecule has 4 heteroatoms. The third kappa shape index (κ3) is 4.40. The van der Waals surface area contributed by atoms with Crippen LogP contribution in [0.5, 0.6) is 0 Å². The summed E-state index contributed by atoms with van der Waals surface area (Å²) in [7, 11) is 0. The van der Waals surface area contributed by atoms with Crippen molar-refractivity contribution < 1.29 is 9.18 Å². The number of pyridine rings is 1. The zero-order valence-corrected chi connectivity index (χ0v) is 15.1. The zero-order chi connectivity index (χ0) is 17.9. The Morgan fingerprint density at radius 3 is 2.46 bits per heavy atom. The third-order valence-corrected chi connectivity index (χ3v) is 3.70. The second-order valence-electron chi connectivity index (χ2n) is 7.26. The highest BCUT2D eigenvalue weighted by Gasteiger charge is 2.26. The van der Waals surface area contributed by atoms with Gasteiger partial charge in [0.1, 0.15) is 11.6 Å². The molecule has 0 saturated heterocycles. The number of carbonyl (C=O) groups excluding carboxylic acids is 1. The monoisotopic (exact) mass is 328 g/mol. The van der Waals surface area contributed by atoms with E-state index in [0.717, 1.165) is 17.7 Å². The molecule has 0 spiro atoms. The van der Waals surface area contributed by atoms with Crippen molar-refractivity contribution >= 4 is 11.7 Å². The number of amides is 1. The van der Waals surface area contributed by atoms with Gasteiger partial charge in [-0.1, -0.05) is 39.8 Å². The molecule has 0 aliphatic rings. The highest BCUT2D eigenvalue weighted by Crippen LogP contribution is 2.24. The fourth-order valence-electron chi connectivity index (χ4n) is 2.51. The number of nitrogens with zero attached hydrogens (tertiary/aromatic N) is 2. The molecule has 2 aromatic rings. The van der Waals surface area contributed by atoms with Gasteiger partial charge in [0.2, 0.25) is 0 Å². The Kier molecular flexibility index (Phi) is 5.37. The first-order valence-corrected chi connectivity index (χ1v) is 8.25. The van der Waals surface area contributed by atoms with Crippen LogP contribution in [0.4, 0.5) is 10.2 Å². The predicted molar refractivity (Wildman–Crippen MR) is 95.9 cm³/mol. The number of hydrogen-bond acceptors (Lipinski definition) is 2. The number of aryl methyl sites for hydroxylation is 2. The molecule has 0 aliphatic heterocycles. The van der Waals surface area contributed by atoms with Gasteiger partial charge in [-0.25, -0.2) is 9.37 Å². The summed E-state index contributed by atoms with van der Waals surface area (Å²) in [5.41, 5.74) is 1.64. The van der Waals surface area contributed by atoms with Gasteiger partial charge in [-0.3, -0.25) is 9.69 Å². The number of halogens is 1. The largest absolute Gasteiger partial charge is 0.292 e. The molecule has 1 heterocycles. The normalized spacial score (nSPS) is 11.4. The standard InChI is InChI=1S/C20H25FN2O/c1-6-15-10-11-16(17(21)12-15)19(24)23(13-20(3,4)5)18-9-7-8-14(2)22-18/h7-12H,6,13H2,1-5H3. The van der Waals surface area contributed by atoms with Crippen molar-refractivity contribution in [2.24, 2.45) is 5.41 Å². The van der Waals surface area contributed by atoms with Gasteiger partial charge in [0.05, 0.1) is 5.56 Å². The van der Waals surface area contributed by atoms with E-state index >= 15 is 0 Å². The van der Waals surface area contributed by atoms with Crippen LogP contribution in [-0.4, -0.2) is 17.4 Å². The molecule has 0 aliphatic carbocycles.